The zero-order valence-electron chi connectivity index (χ0n) is 17.7. The van der Waals surface area contributed by atoms with Crippen LogP contribution < -0.4 is 0 Å². The molecule has 1 aromatic carbocycles. The molecule has 2 aromatic rings. The summed E-state index contributed by atoms with van der Waals surface area (Å²) in [6.45, 7) is 1.89. The lowest BCUT2D eigenvalue weighted by Gasteiger charge is -2.31. The van der Waals surface area contributed by atoms with Gasteiger partial charge in [-0.05, 0) is 43.2 Å². The summed E-state index contributed by atoms with van der Waals surface area (Å²) in [5, 5.41) is 0.123. The molecule has 1 atom stereocenters. The number of rotatable bonds is 4. The number of nitrogens with zero attached hydrogens (tertiary/aromatic N) is 3. The smallest absolute Gasteiger partial charge is 0.254 e. The molecule has 2 fully saturated rings. The molecule has 2 aliphatic rings. The molecule has 0 N–H and O–H groups in total. The second-order valence-corrected chi connectivity index (χ2v) is 10.4. The van der Waals surface area contributed by atoms with Crippen molar-refractivity contribution in [3.63, 3.8) is 0 Å². The lowest BCUT2D eigenvalue weighted by Crippen LogP contribution is -2.41. The first-order chi connectivity index (χ1) is 14.9. The second kappa shape index (κ2) is 9.32. The van der Waals surface area contributed by atoms with Crippen molar-refractivity contribution in [2.24, 2.45) is 7.05 Å². The molecule has 2 saturated heterocycles. The number of likely N-dealkylation sites (tertiary alicyclic amines) is 1. The van der Waals surface area contributed by atoms with E-state index >= 15 is 0 Å². The number of benzene rings is 1. The van der Waals surface area contributed by atoms with E-state index < -0.39 is 10.0 Å². The van der Waals surface area contributed by atoms with E-state index in [4.69, 9.17) is 16.3 Å². The third kappa shape index (κ3) is 4.53. The zero-order valence-corrected chi connectivity index (χ0v) is 19.2. The van der Waals surface area contributed by atoms with Gasteiger partial charge in [-0.25, -0.2) is 8.42 Å². The zero-order chi connectivity index (χ0) is 22.0. The van der Waals surface area contributed by atoms with Crippen LogP contribution in [0, 0.1) is 0 Å². The maximum absolute atomic E-state index is 13.6. The van der Waals surface area contributed by atoms with Gasteiger partial charge in [-0.3, -0.25) is 4.79 Å². The quantitative estimate of drug-likeness (QED) is 0.693. The number of sulfonamides is 1. The van der Waals surface area contributed by atoms with Gasteiger partial charge in [0, 0.05) is 44.1 Å². The molecule has 9 heteroatoms. The summed E-state index contributed by atoms with van der Waals surface area (Å²) in [5.41, 5.74) is 1.43. The van der Waals surface area contributed by atoms with Gasteiger partial charge in [-0.1, -0.05) is 24.4 Å². The van der Waals surface area contributed by atoms with Crippen molar-refractivity contribution in [2.45, 2.75) is 36.6 Å². The van der Waals surface area contributed by atoms with Crippen LogP contribution in [-0.2, 0) is 21.8 Å². The maximum Gasteiger partial charge on any atom is 0.254 e. The monoisotopic (exact) mass is 465 g/mol. The molecular weight excluding hydrogens is 438 g/mol. The minimum atomic E-state index is -3.80. The van der Waals surface area contributed by atoms with E-state index in [-0.39, 0.29) is 35.0 Å². The van der Waals surface area contributed by atoms with Gasteiger partial charge < -0.3 is 14.2 Å². The fourth-order valence-corrected chi connectivity index (χ4v) is 6.31. The Morgan fingerprint density at radius 3 is 2.58 bits per heavy atom. The Balaban J connectivity index is 1.67. The van der Waals surface area contributed by atoms with Gasteiger partial charge >= 0.3 is 0 Å². The number of hydrogen-bond donors (Lipinski definition) is 0. The molecule has 0 radical (unpaired) electrons. The largest absolute Gasteiger partial charge is 0.379 e. The Hall–Kier alpha value is -1.87. The van der Waals surface area contributed by atoms with Crippen LogP contribution in [0.4, 0.5) is 0 Å². The van der Waals surface area contributed by atoms with E-state index in [1.54, 1.807) is 6.07 Å². The molecule has 4 rings (SSSR count). The van der Waals surface area contributed by atoms with Gasteiger partial charge in [0.2, 0.25) is 10.0 Å². The Morgan fingerprint density at radius 2 is 1.87 bits per heavy atom. The third-order valence-corrected chi connectivity index (χ3v) is 8.49. The predicted octanol–water partition coefficient (Wildman–Crippen LogP) is 3.46. The molecule has 0 bridgehead atoms. The number of halogens is 1. The normalized spacial score (nSPS) is 21.1. The summed E-state index contributed by atoms with van der Waals surface area (Å²) in [6, 6.07) is 8.56. The van der Waals surface area contributed by atoms with Crippen LogP contribution in [0.5, 0.6) is 0 Å². The summed E-state index contributed by atoms with van der Waals surface area (Å²) in [6.07, 6.45) is 5.92. The van der Waals surface area contributed by atoms with Crippen LogP contribution in [0.1, 0.15) is 47.8 Å². The van der Waals surface area contributed by atoms with E-state index in [9.17, 15) is 13.2 Å². The number of hydrogen-bond acceptors (Lipinski definition) is 4. The van der Waals surface area contributed by atoms with E-state index in [0.717, 1.165) is 31.4 Å². The average Bonchev–Trinajstić information content (AvgIpc) is 3.05. The molecule has 0 unspecified atom stereocenters. The first-order valence-corrected chi connectivity index (χ1v) is 12.5. The highest BCUT2D eigenvalue weighted by Crippen LogP contribution is 2.33. The molecule has 2 aliphatic heterocycles. The van der Waals surface area contributed by atoms with Crippen molar-refractivity contribution in [3.05, 3.63) is 52.8 Å². The van der Waals surface area contributed by atoms with Gasteiger partial charge in [-0.15, -0.1) is 0 Å². The number of morpholine rings is 1. The van der Waals surface area contributed by atoms with Crippen LogP contribution in [0.2, 0.25) is 5.02 Å². The highest BCUT2D eigenvalue weighted by atomic mass is 35.5. The Bertz CT molecular complexity index is 1050. The van der Waals surface area contributed by atoms with Crippen molar-refractivity contribution in [1.29, 1.82) is 0 Å². The molecule has 7 nitrogen and oxygen atoms in total. The first-order valence-electron chi connectivity index (χ1n) is 10.7. The van der Waals surface area contributed by atoms with E-state index in [1.807, 2.05) is 34.8 Å². The van der Waals surface area contributed by atoms with Crippen molar-refractivity contribution >= 4 is 27.5 Å². The number of ether oxygens (including phenoxy) is 1. The van der Waals surface area contributed by atoms with Crippen LogP contribution in [-0.4, -0.2) is 60.9 Å². The minimum absolute atomic E-state index is 0.0212. The second-order valence-electron chi connectivity index (χ2n) is 8.07. The lowest BCUT2D eigenvalue weighted by molar-refractivity contribution is 0.0674. The number of amides is 1. The van der Waals surface area contributed by atoms with Crippen molar-refractivity contribution in [2.75, 3.05) is 32.8 Å². The highest BCUT2D eigenvalue weighted by molar-refractivity contribution is 7.89. The number of carbonyl (C=O) groups excluding carboxylic acids is 1. The van der Waals surface area contributed by atoms with Crippen LogP contribution in [0.15, 0.2) is 41.4 Å². The van der Waals surface area contributed by atoms with E-state index in [2.05, 4.69) is 0 Å². The van der Waals surface area contributed by atoms with E-state index in [1.165, 1.54) is 16.4 Å². The molecule has 0 spiro atoms. The Morgan fingerprint density at radius 1 is 1.10 bits per heavy atom. The Labute approximate surface area is 188 Å². The molecule has 0 saturated carbocycles. The van der Waals surface area contributed by atoms with Gasteiger partial charge in [0.1, 0.15) is 4.90 Å². The molecule has 168 valence electrons. The molecule has 31 heavy (non-hydrogen) atoms. The standard InChI is InChI=1S/C22H28ClN3O4S/c1-24-10-5-7-19(24)20-6-3-2-4-11-26(20)22(27)17-8-9-18(23)21(16-17)31(28,29)25-12-14-30-15-13-25/h5,7-10,16,20H,2-4,6,11-15H2,1H3/t20-/m0/s1. The molecule has 3 heterocycles. The summed E-state index contributed by atoms with van der Waals surface area (Å²) in [4.78, 5) is 15.4. The van der Waals surface area contributed by atoms with Gasteiger partial charge in [0.25, 0.3) is 5.91 Å². The molecular formula is C22H28ClN3O4S. The fraction of sp³-hybridized carbons (Fsp3) is 0.500. The Kier molecular flexibility index (Phi) is 6.71. The van der Waals surface area contributed by atoms with Crippen LogP contribution in [0.25, 0.3) is 0 Å². The summed E-state index contributed by atoms with van der Waals surface area (Å²) >= 11 is 6.28. The first kappa shape index (κ1) is 22.3. The summed E-state index contributed by atoms with van der Waals surface area (Å²) in [5.74, 6) is -0.164. The maximum atomic E-state index is 13.6. The van der Waals surface area contributed by atoms with Gasteiger partial charge in [-0.2, -0.15) is 4.31 Å². The minimum Gasteiger partial charge on any atom is -0.379 e. The number of aromatic nitrogens is 1. The van der Waals surface area contributed by atoms with E-state index in [0.29, 0.717) is 25.3 Å². The average molecular weight is 466 g/mol. The van der Waals surface area contributed by atoms with Gasteiger partial charge in [0.15, 0.2) is 0 Å². The number of carbonyl (C=O) groups is 1. The summed E-state index contributed by atoms with van der Waals surface area (Å²) in [7, 11) is -1.82. The van der Waals surface area contributed by atoms with Gasteiger partial charge in [0.05, 0.1) is 24.3 Å². The SMILES string of the molecule is Cn1cccc1[C@@H]1CCCCCN1C(=O)c1ccc(Cl)c(S(=O)(=O)N2CCOCC2)c1. The molecule has 0 aliphatic carbocycles. The molecule has 1 aromatic heterocycles. The third-order valence-electron chi connectivity index (χ3n) is 6.11. The number of aryl methyl sites for hydroxylation is 1. The molecule has 1 amide bonds. The lowest BCUT2D eigenvalue weighted by atomic mass is 10.1. The predicted molar refractivity (Wildman–Crippen MR) is 119 cm³/mol. The summed E-state index contributed by atoms with van der Waals surface area (Å²) < 4.78 is 35.0. The fourth-order valence-electron chi connectivity index (χ4n) is 4.41. The highest BCUT2D eigenvalue weighted by Gasteiger charge is 2.32. The van der Waals surface area contributed by atoms with Crippen LogP contribution in [0.3, 0.4) is 0 Å². The van der Waals surface area contributed by atoms with Crippen molar-refractivity contribution in [1.82, 2.24) is 13.8 Å². The van der Waals surface area contributed by atoms with Crippen molar-refractivity contribution in [3.8, 4) is 0 Å². The topological polar surface area (TPSA) is 71.9 Å². The van der Waals surface area contributed by atoms with Crippen molar-refractivity contribution < 1.29 is 17.9 Å². The van der Waals surface area contributed by atoms with Crippen LogP contribution >= 0.6 is 11.6 Å².